The van der Waals surface area contributed by atoms with Crippen LogP contribution in [0.15, 0.2) is 30.5 Å². The van der Waals surface area contributed by atoms with Crippen molar-refractivity contribution in [1.82, 2.24) is 9.78 Å². The third-order valence-electron chi connectivity index (χ3n) is 2.86. The van der Waals surface area contributed by atoms with Gasteiger partial charge in [-0.1, -0.05) is 0 Å². The standard InChI is InChI=1S/C14H16N4O5/c1-3-23-10-4-5-11(13(8-10)18(20)21)15-14(19)12-6-7-17(16-12)9-22-2/h4-8H,3,9H2,1-2H3,(H,15,19). The van der Waals surface area contributed by atoms with Crippen molar-refractivity contribution in [3.63, 3.8) is 0 Å². The van der Waals surface area contributed by atoms with Gasteiger partial charge < -0.3 is 14.8 Å². The second kappa shape index (κ2) is 7.36. The third kappa shape index (κ3) is 4.04. The highest BCUT2D eigenvalue weighted by atomic mass is 16.6. The number of methoxy groups -OCH3 is 1. The van der Waals surface area contributed by atoms with E-state index in [1.807, 2.05) is 0 Å². The Bertz CT molecular complexity index is 713. The number of hydrogen-bond acceptors (Lipinski definition) is 6. The molecule has 1 aromatic carbocycles. The summed E-state index contributed by atoms with van der Waals surface area (Å²) in [5.74, 6) is -0.186. The highest BCUT2D eigenvalue weighted by Crippen LogP contribution is 2.29. The fraction of sp³-hybridized carbons (Fsp3) is 0.286. The molecule has 1 amide bonds. The summed E-state index contributed by atoms with van der Waals surface area (Å²) in [6.45, 7) is 2.37. The van der Waals surface area contributed by atoms with Crippen molar-refractivity contribution in [2.45, 2.75) is 13.7 Å². The zero-order chi connectivity index (χ0) is 16.8. The zero-order valence-corrected chi connectivity index (χ0v) is 12.7. The van der Waals surface area contributed by atoms with Crippen LogP contribution in [0.5, 0.6) is 5.75 Å². The van der Waals surface area contributed by atoms with Gasteiger partial charge in [-0.3, -0.25) is 14.9 Å². The molecule has 2 aromatic rings. The molecule has 0 saturated carbocycles. The van der Waals surface area contributed by atoms with Gasteiger partial charge in [0.2, 0.25) is 0 Å². The number of carbonyl (C=O) groups excluding carboxylic acids is 1. The van der Waals surface area contributed by atoms with Crippen LogP contribution < -0.4 is 10.1 Å². The maximum absolute atomic E-state index is 12.1. The van der Waals surface area contributed by atoms with Crippen molar-refractivity contribution in [1.29, 1.82) is 0 Å². The summed E-state index contributed by atoms with van der Waals surface area (Å²) >= 11 is 0. The first kappa shape index (κ1) is 16.4. The van der Waals surface area contributed by atoms with Gasteiger partial charge in [0.1, 0.15) is 18.2 Å². The minimum Gasteiger partial charge on any atom is -0.494 e. The molecule has 0 spiro atoms. The van der Waals surface area contributed by atoms with Crippen molar-refractivity contribution < 1.29 is 19.2 Å². The number of anilines is 1. The normalized spacial score (nSPS) is 10.3. The van der Waals surface area contributed by atoms with Gasteiger partial charge in [0.15, 0.2) is 5.69 Å². The van der Waals surface area contributed by atoms with E-state index in [2.05, 4.69) is 10.4 Å². The molecule has 0 atom stereocenters. The number of carbonyl (C=O) groups is 1. The Labute approximate surface area is 132 Å². The number of nitrogens with one attached hydrogen (secondary N) is 1. The predicted octanol–water partition coefficient (Wildman–Crippen LogP) is 2.05. The Kier molecular flexibility index (Phi) is 5.26. The molecule has 1 heterocycles. The molecule has 1 aromatic heterocycles. The lowest BCUT2D eigenvalue weighted by Crippen LogP contribution is -2.14. The summed E-state index contributed by atoms with van der Waals surface area (Å²) in [6.07, 6.45) is 1.57. The minimum atomic E-state index is -0.582. The number of nitro groups is 1. The van der Waals surface area contributed by atoms with E-state index in [4.69, 9.17) is 9.47 Å². The highest BCUT2D eigenvalue weighted by Gasteiger charge is 2.19. The summed E-state index contributed by atoms with van der Waals surface area (Å²) in [4.78, 5) is 22.7. The van der Waals surface area contributed by atoms with E-state index in [0.29, 0.717) is 12.4 Å². The summed E-state index contributed by atoms with van der Waals surface area (Å²) in [5.41, 5.74) is -0.0457. The molecule has 9 nitrogen and oxygen atoms in total. The summed E-state index contributed by atoms with van der Waals surface area (Å²) < 4.78 is 11.5. The lowest BCUT2D eigenvalue weighted by molar-refractivity contribution is -0.384. The fourth-order valence-corrected chi connectivity index (χ4v) is 1.90. The largest absolute Gasteiger partial charge is 0.494 e. The quantitative estimate of drug-likeness (QED) is 0.617. The predicted molar refractivity (Wildman–Crippen MR) is 81.5 cm³/mol. The number of aromatic nitrogens is 2. The maximum atomic E-state index is 12.1. The van der Waals surface area contributed by atoms with E-state index < -0.39 is 10.8 Å². The molecule has 23 heavy (non-hydrogen) atoms. The number of rotatable bonds is 7. The molecule has 9 heteroatoms. The van der Waals surface area contributed by atoms with Gasteiger partial charge in [0.25, 0.3) is 11.6 Å². The molecule has 0 aliphatic heterocycles. The molecule has 2 rings (SSSR count). The molecule has 0 unspecified atom stereocenters. The Morgan fingerprint density at radius 2 is 2.22 bits per heavy atom. The van der Waals surface area contributed by atoms with E-state index in [0.717, 1.165) is 0 Å². The second-order valence-electron chi connectivity index (χ2n) is 4.48. The molecule has 0 saturated heterocycles. The molecular weight excluding hydrogens is 304 g/mol. The minimum absolute atomic E-state index is 0.0738. The molecule has 0 aliphatic carbocycles. The van der Waals surface area contributed by atoms with Crippen LogP contribution in [0.25, 0.3) is 0 Å². The van der Waals surface area contributed by atoms with Crippen LogP contribution in [0.2, 0.25) is 0 Å². The van der Waals surface area contributed by atoms with Gasteiger partial charge >= 0.3 is 0 Å². The van der Waals surface area contributed by atoms with Crippen molar-refractivity contribution in [3.05, 3.63) is 46.3 Å². The summed E-state index contributed by atoms with van der Waals surface area (Å²) in [6, 6.07) is 5.74. The lowest BCUT2D eigenvalue weighted by Gasteiger charge is -2.07. The fourth-order valence-electron chi connectivity index (χ4n) is 1.90. The molecule has 0 radical (unpaired) electrons. The maximum Gasteiger partial charge on any atom is 0.296 e. The van der Waals surface area contributed by atoms with E-state index in [1.165, 1.54) is 30.0 Å². The van der Waals surface area contributed by atoms with E-state index >= 15 is 0 Å². The van der Waals surface area contributed by atoms with Gasteiger partial charge in [0.05, 0.1) is 17.6 Å². The van der Waals surface area contributed by atoms with Crippen molar-refractivity contribution in [2.24, 2.45) is 0 Å². The molecular formula is C14H16N4O5. The molecule has 1 N–H and O–H groups in total. The highest BCUT2D eigenvalue weighted by molar-refractivity contribution is 6.04. The Balaban J connectivity index is 2.20. The molecule has 0 bridgehead atoms. The topological polar surface area (TPSA) is 109 Å². The Hall–Kier alpha value is -2.94. The Morgan fingerprint density at radius 1 is 1.43 bits per heavy atom. The zero-order valence-electron chi connectivity index (χ0n) is 12.7. The number of hydrogen-bond donors (Lipinski definition) is 1. The van der Waals surface area contributed by atoms with Gasteiger partial charge in [-0.15, -0.1) is 0 Å². The van der Waals surface area contributed by atoms with Crippen molar-refractivity contribution >= 4 is 17.3 Å². The van der Waals surface area contributed by atoms with Crippen molar-refractivity contribution in [2.75, 3.05) is 19.0 Å². The molecule has 122 valence electrons. The summed E-state index contributed by atoms with van der Waals surface area (Å²) in [7, 11) is 1.50. The van der Waals surface area contributed by atoms with Crippen LogP contribution >= 0.6 is 0 Å². The second-order valence-corrected chi connectivity index (χ2v) is 4.48. The summed E-state index contributed by atoms with van der Waals surface area (Å²) in [5, 5.41) is 17.6. The molecule has 0 fully saturated rings. The number of benzene rings is 1. The number of ether oxygens (including phenoxy) is 2. The first-order chi connectivity index (χ1) is 11.0. The van der Waals surface area contributed by atoms with Crippen LogP contribution in [0.4, 0.5) is 11.4 Å². The number of nitro benzene ring substituents is 1. The van der Waals surface area contributed by atoms with E-state index in [-0.39, 0.29) is 23.8 Å². The number of amides is 1. The van der Waals surface area contributed by atoms with Crippen LogP contribution in [-0.2, 0) is 11.5 Å². The van der Waals surface area contributed by atoms with Gasteiger partial charge in [-0.2, -0.15) is 5.10 Å². The number of nitrogens with zero attached hydrogens (tertiary/aromatic N) is 3. The van der Waals surface area contributed by atoms with Crippen LogP contribution in [0.3, 0.4) is 0 Å². The molecule has 0 aliphatic rings. The Morgan fingerprint density at radius 3 is 2.87 bits per heavy atom. The lowest BCUT2D eigenvalue weighted by atomic mass is 10.2. The van der Waals surface area contributed by atoms with Crippen LogP contribution in [-0.4, -0.2) is 34.3 Å². The van der Waals surface area contributed by atoms with Gasteiger partial charge in [-0.25, -0.2) is 4.68 Å². The monoisotopic (exact) mass is 320 g/mol. The van der Waals surface area contributed by atoms with Crippen LogP contribution in [0, 0.1) is 10.1 Å². The first-order valence-corrected chi connectivity index (χ1v) is 6.80. The van der Waals surface area contributed by atoms with Gasteiger partial charge in [0, 0.05) is 13.3 Å². The van der Waals surface area contributed by atoms with Crippen LogP contribution in [0.1, 0.15) is 17.4 Å². The average molecular weight is 320 g/mol. The van der Waals surface area contributed by atoms with E-state index in [9.17, 15) is 14.9 Å². The third-order valence-corrected chi connectivity index (χ3v) is 2.86. The van der Waals surface area contributed by atoms with E-state index in [1.54, 1.807) is 19.2 Å². The van der Waals surface area contributed by atoms with Crippen molar-refractivity contribution in [3.8, 4) is 5.75 Å². The van der Waals surface area contributed by atoms with Gasteiger partial charge in [-0.05, 0) is 25.1 Å². The SMILES string of the molecule is CCOc1ccc(NC(=O)c2ccn(COC)n2)c([N+](=O)[O-])c1. The smallest absolute Gasteiger partial charge is 0.296 e. The first-order valence-electron chi connectivity index (χ1n) is 6.80. The average Bonchev–Trinajstić information content (AvgIpc) is 2.98.